The minimum Gasteiger partial charge on any atom is -0.497 e. The van der Waals surface area contributed by atoms with E-state index in [1.807, 2.05) is 30.3 Å². The van der Waals surface area contributed by atoms with Crippen LogP contribution in [0.5, 0.6) is 11.5 Å². The smallest absolute Gasteiger partial charge is 0.277 e. The van der Waals surface area contributed by atoms with Crippen molar-refractivity contribution >= 4 is 11.6 Å². The van der Waals surface area contributed by atoms with Gasteiger partial charge in [0.25, 0.3) is 5.91 Å². The van der Waals surface area contributed by atoms with E-state index in [4.69, 9.17) is 14.0 Å². The van der Waals surface area contributed by atoms with Crippen LogP contribution >= 0.6 is 0 Å². The molecule has 0 saturated carbocycles. The lowest BCUT2D eigenvalue weighted by molar-refractivity contribution is 0.101. The van der Waals surface area contributed by atoms with Crippen LogP contribution in [0.15, 0.2) is 77.4 Å². The first kappa shape index (κ1) is 20.7. The summed E-state index contributed by atoms with van der Waals surface area (Å²) in [5.74, 6) is 7.22. The first-order valence-electron chi connectivity index (χ1n) is 9.70. The molecular weight excluding hydrogens is 406 g/mol. The van der Waals surface area contributed by atoms with Gasteiger partial charge in [-0.3, -0.25) is 4.79 Å². The number of methoxy groups -OCH3 is 2. The molecule has 2 heterocycles. The molecule has 0 radical (unpaired) electrons. The van der Waals surface area contributed by atoms with E-state index in [1.54, 1.807) is 56.8 Å². The van der Waals surface area contributed by atoms with E-state index in [2.05, 4.69) is 27.3 Å². The molecule has 4 rings (SSSR count). The first-order chi connectivity index (χ1) is 15.7. The molecule has 0 bridgehead atoms. The van der Waals surface area contributed by atoms with Gasteiger partial charge in [0.2, 0.25) is 0 Å². The first-order valence-corrected chi connectivity index (χ1v) is 9.70. The van der Waals surface area contributed by atoms with E-state index in [0.29, 0.717) is 34.2 Å². The van der Waals surface area contributed by atoms with Crippen LogP contribution in [-0.2, 0) is 0 Å². The van der Waals surface area contributed by atoms with E-state index in [9.17, 15) is 4.79 Å². The largest absolute Gasteiger partial charge is 0.497 e. The molecule has 0 aliphatic heterocycles. The van der Waals surface area contributed by atoms with Crippen molar-refractivity contribution in [1.82, 2.24) is 10.1 Å². The molecule has 158 valence electrons. The SMILES string of the molecule is COc1ccc(OC)c(-c2cc(C(=O)Nc3cccc(C#Cc4ccccn4)c3)no2)c1. The van der Waals surface area contributed by atoms with Gasteiger partial charge in [0, 0.05) is 23.5 Å². The van der Waals surface area contributed by atoms with E-state index in [-0.39, 0.29) is 5.69 Å². The lowest BCUT2D eigenvalue weighted by atomic mass is 10.1. The fourth-order valence-electron chi connectivity index (χ4n) is 2.96. The van der Waals surface area contributed by atoms with Gasteiger partial charge in [0.1, 0.15) is 17.2 Å². The maximum atomic E-state index is 12.7. The van der Waals surface area contributed by atoms with Crippen molar-refractivity contribution in [3.63, 3.8) is 0 Å². The molecular formula is C25H19N3O4. The lowest BCUT2D eigenvalue weighted by Crippen LogP contribution is -2.12. The fraction of sp³-hybridized carbons (Fsp3) is 0.0800. The summed E-state index contributed by atoms with van der Waals surface area (Å²) in [5.41, 5.74) is 2.77. The number of benzene rings is 2. The van der Waals surface area contributed by atoms with Gasteiger partial charge in [0.15, 0.2) is 11.5 Å². The standard InChI is InChI=1S/C25H19N3O4/c1-30-20-11-12-23(31-2)21(15-20)24-16-22(28-32-24)25(29)27-19-8-5-6-17(14-19)9-10-18-7-3-4-13-26-18/h3-8,11-16H,1-2H3,(H,27,29). The Morgan fingerprint density at radius 1 is 0.969 bits per heavy atom. The Kier molecular flexibility index (Phi) is 6.14. The number of amides is 1. The maximum Gasteiger partial charge on any atom is 0.277 e. The van der Waals surface area contributed by atoms with E-state index in [1.165, 1.54) is 0 Å². The number of rotatable bonds is 5. The van der Waals surface area contributed by atoms with Gasteiger partial charge in [-0.2, -0.15) is 0 Å². The van der Waals surface area contributed by atoms with Gasteiger partial charge in [-0.25, -0.2) is 4.98 Å². The van der Waals surface area contributed by atoms with Crippen LogP contribution in [-0.4, -0.2) is 30.3 Å². The highest BCUT2D eigenvalue weighted by atomic mass is 16.5. The number of carbonyl (C=O) groups is 1. The predicted octanol–water partition coefficient (Wildman–Crippen LogP) is 4.41. The molecule has 0 saturated heterocycles. The summed E-state index contributed by atoms with van der Waals surface area (Å²) in [6.07, 6.45) is 1.69. The van der Waals surface area contributed by atoms with E-state index >= 15 is 0 Å². The molecule has 0 atom stereocenters. The van der Waals surface area contributed by atoms with Crippen molar-refractivity contribution < 1.29 is 18.8 Å². The zero-order valence-corrected chi connectivity index (χ0v) is 17.5. The van der Waals surface area contributed by atoms with Crippen LogP contribution in [0.4, 0.5) is 5.69 Å². The lowest BCUT2D eigenvalue weighted by Gasteiger charge is -2.07. The van der Waals surface area contributed by atoms with Crippen LogP contribution in [0.2, 0.25) is 0 Å². The number of carbonyl (C=O) groups excluding carboxylic acids is 1. The van der Waals surface area contributed by atoms with Crippen LogP contribution < -0.4 is 14.8 Å². The molecule has 0 unspecified atom stereocenters. The minimum atomic E-state index is -0.406. The van der Waals surface area contributed by atoms with Gasteiger partial charge in [-0.05, 0) is 54.5 Å². The van der Waals surface area contributed by atoms with Crippen LogP contribution in [0.3, 0.4) is 0 Å². The third kappa shape index (κ3) is 4.77. The van der Waals surface area contributed by atoms with Crippen molar-refractivity contribution in [2.45, 2.75) is 0 Å². The molecule has 4 aromatic rings. The van der Waals surface area contributed by atoms with E-state index in [0.717, 1.165) is 5.56 Å². The Labute approximate surface area is 185 Å². The molecule has 0 aliphatic carbocycles. The molecule has 2 aromatic heterocycles. The summed E-state index contributed by atoms with van der Waals surface area (Å²) in [6, 6.07) is 19.6. The number of nitrogens with zero attached hydrogens (tertiary/aromatic N) is 2. The highest BCUT2D eigenvalue weighted by molar-refractivity contribution is 6.03. The maximum absolute atomic E-state index is 12.7. The number of pyridine rings is 1. The summed E-state index contributed by atoms with van der Waals surface area (Å²) < 4.78 is 16.0. The summed E-state index contributed by atoms with van der Waals surface area (Å²) in [6.45, 7) is 0. The number of hydrogen-bond acceptors (Lipinski definition) is 6. The Bertz CT molecular complexity index is 1300. The third-order valence-electron chi connectivity index (χ3n) is 4.54. The molecule has 7 heteroatoms. The Balaban J connectivity index is 1.51. The van der Waals surface area contributed by atoms with E-state index < -0.39 is 5.91 Å². The summed E-state index contributed by atoms with van der Waals surface area (Å²) in [5, 5.41) is 6.71. The molecule has 0 fully saturated rings. The van der Waals surface area contributed by atoms with Crippen LogP contribution in [0.1, 0.15) is 21.7 Å². The highest BCUT2D eigenvalue weighted by Crippen LogP contribution is 2.33. The molecule has 32 heavy (non-hydrogen) atoms. The number of hydrogen-bond donors (Lipinski definition) is 1. The monoisotopic (exact) mass is 425 g/mol. The van der Waals surface area contributed by atoms with Gasteiger partial charge in [0.05, 0.1) is 19.8 Å². The van der Waals surface area contributed by atoms with Gasteiger partial charge in [-0.1, -0.05) is 23.2 Å². The fourth-order valence-corrected chi connectivity index (χ4v) is 2.96. The van der Waals surface area contributed by atoms with Crippen molar-refractivity contribution in [3.05, 3.63) is 89.9 Å². The van der Waals surface area contributed by atoms with Crippen LogP contribution in [0.25, 0.3) is 11.3 Å². The molecule has 0 aliphatic rings. The topological polar surface area (TPSA) is 86.5 Å². The minimum absolute atomic E-state index is 0.134. The van der Waals surface area contributed by atoms with Gasteiger partial charge < -0.3 is 19.3 Å². The number of aromatic nitrogens is 2. The predicted molar refractivity (Wildman–Crippen MR) is 120 cm³/mol. The third-order valence-corrected chi connectivity index (χ3v) is 4.54. The quantitative estimate of drug-likeness (QED) is 0.477. The molecule has 1 N–H and O–H groups in total. The second kappa shape index (κ2) is 9.49. The summed E-state index contributed by atoms with van der Waals surface area (Å²) in [7, 11) is 3.12. The Morgan fingerprint density at radius 3 is 2.66 bits per heavy atom. The van der Waals surface area contributed by atoms with Crippen molar-refractivity contribution in [2.75, 3.05) is 19.5 Å². The second-order valence-electron chi connectivity index (χ2n) is 6.64. The highest BCUT2D eigenvalue weighted by Gasteiger charge is 2.17. The summed E-state index contributed by atoms with van der Waals surface area (Å²) >= 11 is 0. The number of anilines is 1. The van der Waals surface area contributed by atoms with Crippen molar-refractivity contribution in [3.8, 4) is 34.7 Å². The molecule has 2 aromatic carbocycles. The van der Waals surface area contributed by atoms with Crippen molar-refractivity contribution in [2.24, 2.45) is 0 Å². The van der Waals surface area contributed by atoms with Gasteiger partial charge in [-0.15, -0.1) is 0 Å². The average molecular weight is 425 g/mol. The number of ether oxygens (including phenoxy) is 2. The van der Waals surface area contributed by atoms with Crippen molar-refractivity contribution in [1.29, 1.82) is 0 Å². The number of nitrogens with one attached hydrogen (secondary N) is 1. The molecule has 7 nitrogen and oxygen atoms in total. The second-order valence-corrected chi connectivity index (χ2v) is 6.64. The van der Waals surface area contributed by atoms with Gasteiger partial charge >= 0.3 is 0 Å². The summed E-state index contributed by atoms with van der Waals surface area (Å²) in [4.78, 5) is 16.9. The Morgan fingerprint density at radius 2 is 1.88 bits per heavy atom. The molecule has 1 amide bonds. The zero-order valence-electron chi connectivity index (χ0n) is 17.5. The average Bonchev–Trinajstić information content (AvgIpc) is 3.34. The molecule has 0 spiro atoms. The van der Waals surface area contributed by atoms with Crippen LogP contribution in [0, 0.1) is 11.8 Å². The Hall–Kier alpha value is -4.57. The normalized spacial score (nSPS) is 10.1. The zero-order chi connectivity index (χ0) is 22.3.